The van der Waals surface area contributed by atoms with E-state index in [1.54, 1.807) is 4.90 Å². The molecular formula is C14H14ClFN4O. The first kappa shape index (κ1) is 13.9. The van der Waals surface area contributed by atoms with E-state index < -0.39 is 5.82 Å². The number of fused-ring (bicyclic) bond motifs is 1. The Morgan fingerprint density at radius 3 is 2.95 bits per heavy atom. The van der Waals surface area contributed by atoms with Crippen molar-refractivity contribution in [1.29, 1.82) is 0 Å². The third-order valence-corrected chi connectivity index (χ3v) is 3.61. The summed E-state index contributed by atoms with van der Waals surface area (Å²) in [6, 6.07) is 5.68. The normalized spacial score (nSPS) is 14.0. The van der Waals surface area contributed by atoms with Gasteiger partial charge in [0, 0.05) is 24.8 Å². The molecule has 0 aliphatic carbocycles. The van der Waals surface area contributed by atoms with Crippen molar-refractivity contribution < 1.29 is 9.18 Å². The molecule has 1 aliphatic heterocycles. The van der Waals surface area contributed by atoms with Gasteiger partial charge in [-0.25, -0.2) is 13.9 Å². The minimum Gasteiger partial charge on any atom is -0.307 e. The van der Waals surface area contributed by atoms with Crippen LogP contribution in [-0.4, -0.2) is 22.4 Å². The zero-order valence-electron chi connectivity index (χ0n) is 11.4. The summed E-state index contributed by atoms with van der Waals surface area (Å²) in [6.45, 7) is 3.31. The lowest BCUT2D eigenvalue weighted by atomic mass is 10.3. The van der Waals surface area contributed by atoms with Crippen LogP contribution < -0.4 is 10.2 Å². The monoisotopic (exact) mass is 308 g/mol. The number of aromatic nitrogens is 2. The van der Waals surface area contributed by atoms with Gasteiger partial charge in [-0.15, -0.1) is 0 Å². The van der Waals surface area contributed by atoms with Crippen LogP contribution in [0.5, 0.6) is 0 Å². The topological polar surface area (TPSA) is 50.2 Å². The van der Waals surface area contributed by atoms with E-state index >= 15 is 0 Å². The molecule has 0 saturated heterocycles. The van der Waals surface area contributed by atoms with Crippen LogP contribution in [0, 0.1) is 12.7 Å². The molecule has 5 nitrogen and oxygen atoms in total. The number of nitrogens with zero attached hydrogens (tertiary/aromatic N) is 3. The predicted octanol–water partition coefficient (Wildman–Crippen LogP) is 3.43. The second kappa shape index (κ2) is 5.37. The van der Waals surface area contributed by atoms with Crippen LogP contribution >= 0.6 is 11.6 Å². The minimum absolute atomic E-state index is 0.0210. The van der Waals surface area contributed by atoms with Crippen LogP contribution in [0.4, 0.5) is 20.7 Å². The van der Waals surface area contributed by atoms with Gasteiger partial charge in [-0.05, 0) is 31.5 Å². The predicted molar refractivity (Wildman–Crippen MR) is 79.4 cm³/mol. The summed E-state index contributed by atoms with van der Waals surface area (Å²) in [5.41, 5.74) is 1.33. The Morgan fingerprint density at radius 2 is 2.19 bits per heavy atom. The highest BCUT2D eigenvalue weighted by Crippen LogP contribution is 2.24. The maximum Gasteiger partial charge on any atom is 0.327 e. The van der Waals surface area contributed by atoms with E-state index in [9.17, 15) is 9.18 Å². The molecule has 1 N–H and O–H groups in total. The number of rotatable bonds is 1. The summed E-state index contributed by atoms with van der Waals surface area (Å²) in [4.78, 5) is 14.0. The molecule has 1 aliphatic rings. The summed E-state index contributed by atoms with van der Waals surface area (Å²) < 4.78 is 14.9. The second-order valence-electron chi connectivity index (χ2n) is 4.93. The van der Waals surface area contributed by atoms with Gasteiger partial charge in [0.2, 0.25) is 0 Å². The molecule has 2 amide bonds. The molecule has 0 bridgehead atoms. The quantitative estimate of drug-likeness (QED) is 0.877. The summed E-state index contributed by atoms with van der Waals surface area (Å²) in [7, 11) is 0. The average Bonchev–Trinajstić information content (AvgIpc) is 2.82. The number of carbonyl (C=O) groups is 1. The van der Waals surface area contributed by atoms with Crippen LogP contribution in [0.15, 0.2) is 24.3 Å². The second-order valence-corrected chi connectivity index (χ2v) is 5.34. The van der Waals surface area contributed by atoms with Gasteiger partial charge in [0.15, 0.2) is 0 Å². The first-order valence-corrected chi connectivity index (χ1v) is 7.00. The molecule has 0 atom stereocenters. The molecule has 1 aromatic carbocycles. The molecule has 0 saturated carbocycles. The van der Waals surface area contributed by atoms with Gasteiger partial charge in [-0.1, -0.05) is 11.6 Å². The molecule has 110 valence electrons. The molecule has 0 fully saturated rings. The van der Waals surface area contributed by atoms with Crippen molar-refractivity contribution in [2.45, 2.75) is 19.9 Å². The van der Waals surface area contributed by atoms with Crippen molar-refractivity contribution >= 4 is 29.1 Å². The standard InChI is InChI=1S/C14H14ClFN4O/c1-9-7-13-19(5-2-6-20(13)18-9)14(21)17-10-3-4-12(16)11(15)8-10/h3-4,7-8H,2,5-6H2,1H3,(H,17,21). The molecule has 21 heavy (non-hydrogen) atoms. The molecular weight excluding hydrogens is 295 g/mol. The van der Waals surface area contributed by atoms with Crippen molar-refractivity contribution in [1.82, 2.24) is 9.78 Å². The number of anilines is 2. The van der Waals surface area contributed by atoms with E-state index in [4.69, 9.17) is 11.6 Å². The van der Waals surface area contributed by atoms with Gasteiger partial charge in [0.25, 0.3) is 0 Å². The Bertz CT molecular complexity index is 700. The van der Waals surface area contributed by atoms with E-state index in [0.717, 1.165) is 24.5 Å². The van der Waals surface area contributed by atoms with Crippen LogP contribution in [0.3, 0.4) is 0 Å². The molecule has 1 aromatic heterocycles. The van der Waals surface area contributed by atoms with E-state index in [-0.39, 0.29) is 11.1 Å². The SMILES string of the molecule is Cc1cc2n(n1)CCCN2C(=O)Nc1ccc(F)c(Cl)c1. The van der Waals surface area contributed by atoms with Crippen molar-refractivity contribution in [3.05, 3.63) is 40.8 Å². The van der Waals surface area contributed by atoms with Crippen LogP contribution in [0.2, 0.25) is 5.02 Å². The van der Waals surface area contributed by atoms with Crippen molar-refractivity contribution in [3.8, 4) is 0 Å². The molecule has 2 heterocycles. The number of nitrogens with one attached hydrogen (secondary N) is 1. The highest BCUT2D eigenvalue weighted by atomic mass is 35.5. The molecule has 0 unspecified atom stereocenters. The maximum atomic E-state index is 13.1. The Morgan fingerprint density at radius 1 is 1.38 bits per heavy atom. The van der Waals surface area contributed by atoms with Gasteiger partial charge in [-0.2, -0.15) is 5.10 Å². The lowest BCUT2D eigenvalue weighted by Crippen LogP contribution is -2.40. The number of hydrogen-bond acceptors (Lipinski definition) is 2. The summed E-state index contributed by atoms with van der Waals surface area (Å²) in [6.07, 6.45) is 0.839. The Kier molecular flexibility index (Phi) is 3.55. The lowest BCUT2D eigenvalue weighted by molar-refractivity contribution is 0.255. The zero-order valence-corrected chi connectivity index (χ0v) is 12.2. The van der Waals surface area contributed by atoms with Gasteiger partial charge in [0.05, 0.1) is 10.7 Å². The lowest BCUT2D eigenvalue weighted by Gasteiger charge is -2.27. The number of halogens is 2. The first-order chi connectivity index (χ1) is 10.0. The van der Waals surface area contributed by atoms with Crippen LogP contribution in [-0.2, 0) is 6.54 Å². The number of hydrogen-bond donors (Lipinski definition) is 1. The number of carbonyl (C=O) groups excluding carboxylic acids is 1. The first-order valence-electron chi connectivity index (χ1n) is 6.62. The summed E-state index contributed by atoms with van der Waals surface area (Å²) in [5.74, 6) is 0.255. The highest BCUT2D eigenvalue weighted by molar-refractivity contribution is 6.31. The minimum atomic E-state index is -0.513. The third kappa shape index (κ3) is 2.71. The fourth-order valence-electron chi connectivity index (χ4n) is 2.38. The van der Waals surface area contributed by atoms with E-state index in [1.807, 2.05) is 17.7 Å². The summed E-state index contributed by atoms with van der Waals surface area (Å²) >= 11 is 5.71. The van der Waals surface area contributed by atoms with E-state index in [2.05, 4.69) is 10.4 Å². The summed E-state index contributed by atoms with van der Waals surface area (Å²) in [5, 5.41) is 7.04. The highest BCUT2D eigenvalue weighted by Gasteiger charge is 2.24. The van der Waals surface area contributed by atoms with E-state index in [1.165, 1.54) is 18.2 Å². The number of benzene rings is 1. The zero-order chi connectivity index (χ0) is 15.0. The smallest absolute Gasteiger partial charge is 0.307 e. The molecule has 3 rings (SSSR count). The maximum absolute atomic E-state index is 13.1. The van der Waals surface area contributed by atoms with Crippen LogP contribution in [0.25, 0.3) is 0 Å². The molecule has 7 heteroatoms. The Balaban J connectivity index is 1.81. The molecule has 0 spiro atoms. The number of amides is 2. The average molecular weight is 309 g/mol. The fraction of sp³-hybridized carbons (Fsp3) is 0.286. The van der Waals surface area contributed by atoms with Gasteiger partial charge in [0.1, 0.15) is 11.6 Å². The van der Waals surface area contributed by atoms with Crippen molar-refractivity contribution in [2.75, 3.05) is 16.8 Å². The molecule has 0 radical (unpaired) electrons. The van der Waals surface area contributed by atoms with Gasteiger partial charge in [-0.3, -0.25) is 4.90 Å². The number of aryl methyl sites for hydroxylation is 2. The Hall–Kier alpha value is -2.08. The van der Waals surface area contributed by atoms with Gasteiger partial charge >= 0.3 is 6.03 Å². The number of urea groups is 1. The Labute approximate surface area is 126 Å². The molecule has 2 aromatic rings. The van der Waals surface area contributed by atoms with Crippen molar-refractivity contribution in [2.24, 2.45) is 0 Å². The van der Waals surface area contributed by atoms with Crippen molar-refractivity contribution in [3.63, 3.8) is 0 Å². The third-order valence-electron chi connectivity index (χ3n) is 3.33. The largest absolute Gasteiger partial charge is 0.327 e. The van der Waals surface area contributed by atoms with Gasteiger partial charge < -0.3 is 5.32 Å². The fourth-order valence-corrected chi connectivity index (χ4v) is 2.56. The van der Waals surface area contributed by atoms with Crippen LogP contribution in [0.1, 0.15) is 12.1 Å². The van der Waals surface area contributed by atoms with E-state index in [0.29, 0.717) is 12.2 Å².